The summed E-state index contributed by atoms with van der Waals surface area (Å²) in [5.74, 6) is 0.586. The Morgan fingerprint density at radius 3 is 2.68 bits per heavy atom. The summed E-state index contributed by atoms with van der Waals surface area (Å²) in [6.45, 7) is 8.53. The highest BCUT2D eigenvalue weighted by atomic mass is 32.2. The van der Waals surface area contributed by atoms with Gasteiger partial charge < -0.3 is 15.0 Å². The number of fused-ring (bicyclic) bond motifs is 1. The Morgan fingerprint density at radius 2 is 1.97 bits per heavy atom. The zero-order valence-electron chi connectivity index (χ0n) is 18.7. The minimum absolute atomic E-state index is 0.0789. The van der Waals surface area contributed by atoms with Crippen molar-refractivity contribution in [2.24, 2.45) is 4.99 Å². The molecule has 2 aliphatic rings. The Morgan fingerprint density at radius 1 is 1.19 bits per heavy atom. The van der Waals surface area contributed by atoms with Gasteiger partial charge in [-0.3, -0.25) is 4.79 Å². The maximum absolute atomic E-state index is 12.6. The van der Waals surface area contributed by atoms with Gasteiger partial charge in [-0.15, -0.1) is 0 Å². The normalized spacial score (nSPS) is 20.0. The third-order valence-electron chi connectivity index (χ3n) is 5.74. The molecule has 2 aromatic rings. The highest BCUT2D eigenvalue weighted by Gasteiger charge is 2.30. The van der Waals surface area contributed by atoms with Gasteiger partial charge in [0.1, 0.15) is 5.75 Å². The largest absolute Gasteiger partial charge is 0.496 e. The second kappa shape index (κ2) is 7.93. The van der Waals surface area contributed by atoms with Crippen LogP contribution in [0.4, 0.5) is 11.4 Å². The van der Waals surface area contributed by atoms with Gasteiger partial charge in [-0.25, -0.2) is 4.99 Å². The van der Waals surface area contributed by atoms with Crippen molar-refractivity contribution in [3.8, 4) is 5.75 Å². The zero-order valence-corrected chi connectivity index (χ0v) is 19.6. The number of benzene rings is 2. The number of aryl methyl sites for hydroxylation is 1. The van der Waals surface area contributed by atoms with Crippen molar-refractivity contribution in [1.29, 1.82) is 0 Å². The number of allylic oxidation sites excluding steroid dienone is 1. The van der Waals surface area contributed by atoms with Crippen LogP contribution in [0.25, 0.3) is 11.6 Å². The molecule has 0 atom stereocenters. The van der Waals surface area contributed by atoms with Gasteiger partial charge in [0.15, 0.2) is 5.17 Å². The van der Waals surface area contributed by atoms with Crippen LogP contribution in [0, 0.1) is 6.92 Å². The fraction of sp³-hybridized carbons (Fsp3) is 0.280. The van der Waals surface area contributed by atoms with Crippen LogP contribution in [0.5, 0.6) is 5.75 Å². The summed E-state index contributed by atoms with van der Waals surface area (Å²) in [5, 5.41) is 3.44. The van der Waals surface area contributed by atoms with Crippen molar-refractivity contribution in [1.82, 2.24) is 5.32 Å². The Kier molecular flexibility index (Phi) is 5.43. The summed E-state index contributed by atoms with van der Waals surface area (Å²) >= 11 is 1.34. The number of likely N-dealkylation sites (N-methyl/N-ethyl adjacent to an activating group) is 1. The molecular formula is C25H27N3O2S. The van der Waals surface area contributed by atoms with Crippen LogP contribution in [0.1, 0.15) is 37.5 Å². The second-order valence-corrected chi connectivity index (χ2v) is 9.50. The molecule has 0 aliphatic carbocycles. The Hall–Kier alpha value is -2.99. The van der Waals surface area contributed by atoms with Crippen molar-refractivity contribution < 1.29 is 9.53 Å². The molecule has 0 radical (unpaired) electrons. The van der Waals surface area contributed by atoms with E-state index in [0.717, 1.165) is 33.8 Å². The first-order valence-electron chi connectivity index (χ1n) is 10.2. The van der Waals surface area contributed by atoms with Gasteiger partial charge >= 0.3 is 0 Å². The lowest BCUT2D eigenvalue weighted by Gasteiger charge is -2.41. The maximum atomic E-state index is 12.6. The standard InChI is InChI=1S/C25H27N3O2S/c1-15-8-7-9-18(10-15)26-24-27-23(29)22(31-24)12-17-11-19-16(2)14-25(3,4)28(5)20(19)13-21(17)30-6/h7-14H,1-6H3,(H,26,27,29)/b22-12+. The summed E-state index contributed by atoms with van der Waals surface area (Å²) in [4.78, 5) is 20.0. The SMILES string of the molecule is COc1cc2c(cc1/C=C1/SC(=Nc3cccc(C)c3)NC1=O)C(C)=CC(C)(C)N2C. The molecule has 1 N–H and O–H groups in total. The molecule has 0 aromatic heterocycles. The van der Waals surface area contributed by atoms with Crippen molar-refractivity contribution in [2.45, 2.75) is 33.2 Å². The summed E-state index contributed by atoms with van der Waals surface area (Å²) < 4.78 is 5.68. The first kappa shape index (κ1) is 21.2. The number of carbonyl (C=O) groups is 1. The number of thioether (sulfide) groups is 1. The number of rotatable bonds is 3. The minimum Gasteiger partial charge on any atom is -0.496 e. The van der Waals surface area contributed by atoms with Crippen LogP contribution in [0.15, 0.2) is 52.4 Å². The van der Waals surface area contributed by atoms with Gasteiger partial charge in [-0.1, -0.05) is 18.2 Å². The molecule has 5 nitrogen and oxygen atoms in total. The Balaban J connectivity index is 1.70. The van der Waals surface area contributed by atoms with E-state index in [2.05, 4.69) is 61.2 Å². The molecule has 6 heteroatoms. The molecule has 31 heavy (non-hydrogen) atoms. The average molecular weight is 434 g/mol. The zero-order chi connectivity index (χ0) is 22.3. The summed E-state index contributed by atoms with van der Waals surface area (Å²) in [6, 6.07) is 12.0. The van der Waals surface area contributed by atoms with Crippen LogP contribution >= 0.6 is 11.8 Å². The van der Waals surface area contributed by atoms with E-state index in [0.29, 0.717) is 10.1 Å². The molecule has 0 unspecified atom stereocenters. The maximum Gasteiger partial charge on any atom is 0.264 e. The number of ether oxygens (including phenoxy) is 1. The number of aliphatic imine (C=N–C) groups is 1. The predicted octanol–water partition coefficient (Wildman–Crippen LogP) is 5.53. The molecule has 0 spiro atoms. The van der Waals surface area contributed by atoms with E-state index in [9.17, 15) is 4.79 Å². The molecular weight excluding hydrogens is 406 g/mol. The van der Waals surface area contributed by atoms with Gasteiger partial charge in [-0.2, -0.15) is 0 Å². The van der Waals surface area contributed by atoms with E-state index >= 15 is 0 Å². The number of hydrogen-bond acceptors (Lipinski definition) is 5. The van der Waals surface area contributed by atoms with Gasteiger partial charge in [0.05, 0.1) is 23.2 Å². The van der Waals surface area contributed by atoms with E-state index in [-0.39, 0.29) is 11.4 Å². The van der Waals surface area contributed by atoms with E-state index in [1.165, 1.54) is 17.3 Å². The number of hydrogen-bond donors (Lipinski definition) is 1. The number of anilines is 1. The fourth-order valence-electron chi connectivity index (χ4n) is 3.92. The molecule has 1 fully saturated rings. The third-order valence-corrected chi connectivity index (χ3v) is 6.65. The first-order chi connectivity index (χ1) is 14.7. The quantitative estimate of drug-likeness (QED) is 0.647. The van der Waals surface area contributed by atoms with Gasteiger partial charge in [0.25, 0.3) is 5.91 Å². The number of amides is 1. The van der Waals surface area contributed by atoms with Crippen molar-refractivity contribution >= 4 is 45.9 Å². The van der Waals surface area contributed by atoms with Crippen LogP contribution in [0.2, 0.25) is 0 Å². The lowest BCUT2D eigenvalue weighted by atomic mass is 9.88. The van der Waals surface area contributed by atoms with Crippen LogP contribution < -0.4 is 15.0 Å². The lowest BCUT2D eigenvalue weighted by Crippen LogP contribution is -2.42. The molecule has 2 aliphatic heterocycles. The van der Waals surface area contributed by atoms with Crippen LogP contribution in [-0.2, 0) is 4.79 Å². The van der Waals surface area contributed by atoms with E-state index in [1.54, 1.807) is 7.11 Å². The highest BCUT2D eigenvalue weighted by Crippen LogP contribution is 2.42. The monoisotopic (exact) mass is 433 g/mol. The molecule has 160 valence electrons. The molecule has 0 saturated carbocycles. The van der Waals surface area contributed by atoms with Crippen molar-refractivity contribution in [3.63, 3.8) is 0 Å². The molecule has 0 bridgehead atoms. The van der Waals surface area contributed by atoms with E-state index in [1.807, 2.05) is 37.3 Å². The lowest BCUT2D eigenvalue weighted by molar-refractivity contribution is -0.115. The third kappa shape index (κ3) is 4.12. The van der Waals surface area contributed by atoms with Crippen molar-refractivity contribution in [2.75, 3.05) is 19.1 Å². The molecule has 1 amide bonds. The topological polar surface area (TPSA) is 53.9 Å². The highest BCUT2D eigenvalue weighted by molar-refractivity contribution is 8.18. The van der Waals surface area contributed by atoms with Crippen LogP contribution in [0.3, 0.4) is 0 Å². The summed E-state index contributed by atoms with van der Waals surface area (Å²) in [6.07, 6.45) is 4.15. The van der Waals surface area contributed by atoms with Gasteiger partial charge in [0.2, 0.25) is 0 Å². The predicted molar refractivity (Wildman–Crippen MR) is 131 cm³/mol. The molecule has 2 heterocycles. The smallest absolute Gasteiger partial charge is 0.264 e. The Bertz CT molecular complexity index is 1160. The summed E-state index contributed by atoms with van der Waals surface area (Å²) in [7, 11) is 3.75. The summed E-state index contributed by atoms with van der Waals surface area (Å²) in [5.41, 5.74) is 6.22. The van der Waals surface area contributed by atoms with Crippen LogP contribution in [-0.4, -0.2) is 30.8 Å². The van der Waals surface area contributed by atoms with E-state index < -0.39 is 0 Å². The minimum atomic E-state index is -0.151. The number of nitrogens with one attached hydrogen (secondary N) is 1. The number of methoxy groups -OCH3 is 1. The van der Waals surface area contributed by atoms with E-state index in [4.69, 9.17) is 4.74 Å². The first-order valence-corrected chi connectivity index (χ1v) is 11.0. The number of nitrogens with zero attached hydrogens (tertiary/aromatic N) is 2. The Labute approximate surface area is 187 Å². The average Bonchev–Trinajstić information content (AvgIpc) is 3.04. The molecule has 1 saturated heterocycles. The molecule has 2 aromatic carbocycles. The van der Waals surface area contributed by atoms with Gasteiger partial charge in [0, 0.05) is 29.9 Å². The number of amidine groups is 1. The van der Waals surface area contributed by atoms with Gasteiger partial charge in [-0.05, 0) is 74.9 Å². The second-order valence-electron chi connectivity index (χ2n) is 8.47. The fourth-order valence-corrected chi connectivity index (χ4v) is 4.75. The number of carbonyl (C=O) groups excluding carboxylic acids is 1. The van der Waals surface area contributed by atoms with Crippen molar-refractivity contribution in [3.05, 3.63) is 64.1 Å². The molecule has 4 rings (SSSR count).